The van der Waals surface area contributed by atoms with Crippen LogP contribution in [0.2, 0.25) is 0 Å². The second kappa shape index (κ2) is 8.94. The predicted octanol–water partition coefficient (Wildman–Crippen LogP) is 6.54. The molecular weight excluding hydrogens is 442 g/mol. The minimum Gasteiger partial charge on any atom is -0.508 e. The van der Waals surface area contributed by atoms with E-state index in [1.807, 2.05) is 44.2 Å². The van der Waals surface area contributed by atoms with Gasteiger partial charge in [0.2, 0.25) is 0 Å². The number of aromatic hydroxyl groups is 2. The minimum absolute atomic E-state index is 0.0533. The summed E-state index contributed by atoms with van der Waals surface area (Å²) >= 11 is 6.61. The van der Waals surface area contributed by atoms with E-state index in [-0.39, 0.29) is 17.4 Å². The Balaban J connectivity index is 1.59. The number of azo groups is 1. The van der Waals surface area contributed by atoms with Gasteiger partial charge in [-0.3, -0.25) is 9.69 Å². The molecule has 32 heavy (non-hydrogen) atoms. The fourth-order valence-electron chi connectivity index (χ4n) is 3.21. The number of anilines is 1. The zero-order valence-corrected chi connectivity index (χ0v) is 18.9. The molecule has 160 valence electrons. The summed E-state index contributed by atoms with van der Waals surface area (Å²) in [6, 6.07) is 17.4. The monoisotopic (exact) mass is 461 g/mol. The molecule has 1 aliphatic heterocycles. The first-order valence-corrected chi connectivity index (χ1v) is 10.9. The lowest BCUT2D eigenvalue weighted by Gasteiger charge is -2.17. The Bertz CT molecular complexity index is 1300. The normalized spacial score (nSPS) is 15.3. The summed E-state index contributed by atoms with van der Waals surface area (Å²) in [5.74, 6) is -0.442. The van der Waals surface area contributed by atoms with Crippen molar-refractivity contribution in [3.8, 4) is 11.5 Å². The second-order valence-corrected chi connectivity index (χ2v) is 8.89. The van der Waals surface area contributed by atoms with Crippen molar-refractivity contribution in [3.05, 3.63) is 82.3 Å². The Kier molecular flexibility index (Phi) is 6.07. The highest BCUT2D eigenvalue weighted by atomic mass is 32.2. The molecule has 4 rings (SSSR count). The molecule has 0 spiro atoms. The number of hydrogen-bond donors (Lipinski definition) is 2. The Labute approximate surface area is 194 Å². The lowest BCUT2D eigenvalue weighted by atomic mass is 10.1. The molecule has 1 fully saturated rings. The molecule has 3 aromatic carbocycles. The summed E-state index contributed by atoms with van der Waals surface area (Å²) in [5, 5.41) is 28.1. The van der Waals surface area contributed by atoms with Gasteiger partial charge in [0.15, 0.2) is 4.32 Å². The number of carbonyl (C=O) groups excluding carboxylic acids is 1. The number of phenolic OH excluding ortho intramolecular Hbond substituents is 2. The van der Waals surface area contributed by atoms with Gasteiger partial charge in [-0.05, 0) is 67.4 Å². The summed E-state index contributed by atoms with van der Waals surface area (Å²) < 4.78 is 0.400. The van der Waals surface area contributed by atoms with Gasteiger partial charge in [-0.2, -0.15) is 10.2 Å². The van der Waals surface area contributed by atoms with Gasteiger partial charge < -0.3 is 10.2 Å². The van der Waals surface area contributed by atoms with Crippen molar-refractivity contribution in [3.63, 3.8) is 0 Å². The first-order chi connectivity index (χ1) is 15.3. The van der Waals surface area contributed by atoms with E-state index >= 15 is 0 Å². The van der Waals surface area contributed by atoms with Crippen LogP contribution < -0.4 is 4.90 Å². The van der Waals surface area contributed by atoms with Crippen LogP contribution in [0.15, 0.2) is 75.8 Å². The van der Waals surface area contributed by atoms with Gasteiger partial charge in [0, 0.05) is 11.6 Å². The zero-order chi connectivity index (χ0) is 22.8. The molecule has 0 atom stereocenters. The largest absolute Gasteiger partial charge is 0.508 e. The lowest BCUT2D eigenvalue weighted by Crippen LogP contribution is -2.28. The fraction of sp³-hybridized carbons (Fsp3) is 0.0833. The molecule has 0 saturated carbocycles. The number of carbonyl (C=O) groups is 1. The molecule has 0 bridgehead atoms. The molecule has 1 amide bonds. The van der Waals surface area contributed by atoms with Crippen LogP contribution in [-0.2, 0) is 4.79 Å². The van der Waals surface area contributed by atoms with Gasteiger partial charge in [0.05, 0.1) is 22.0 Å². The van der Waals surface area contributed by atoms with Gasteiger partial charge in [-0.15, -0.1) is 0 Å². The van der Waals surface area contributed by atoms with Crippen molar-refractivity contribution < 1.29 is 15.0 Å². The third kappa shape index (κ3) is 4.42. The van der Waals surface area contributed by atoms with Crippen LogP contribution in [0.25, 0.3) is 6.08 Å². The summed E-state index contributed by atoms with van der Waals surface area (Å²) in [6.45, 7) is 3.86. The summed E-state index contributed by atoms with van der Waals surface area (Å²) in [4.78, 5) is 14.9. The maximum atomic E-state index is 13.1. The van der Waals surface area contributed by atoms with E-state index in [0.29, 0.717) is 26.2 Å². The first-order valence-electron chi connectivity index (χ1n) is 9.71. The summed E-state index contributed by atoms with van der Waals surface area (Å²) in [5.41, 5.74) is 4.43. The molecular formula is C24H19N3O3S2. The Morgan fingerprint density at radius 2 is 1.75 bits per heavy atom. The standard InChI is InChI=1S/C24H19N3O3S2/c1-14-5-3-4-6-19(14)26-25-17-8-10-20(15(2)11-17)27-23(30)22(32-24(27)31)12-16-7-9-18(28)13-21(16)29/h3-13,28-29H,1-2H3/b22-12-,26-25?. The van der Waals surface area contributed by atoms with E-state index in [4.69, 9.17) is 12.2 Å². The van der Waals surface area contributed by atoms with E-state index in [9.17, 15) is 15.0 Å². The van der Waals surface area contributed by atoms with Gasteiger partial charge in [0.25, 0.3) is 5.91 Å². The van der Waals surface area contributed by atoms with E-state index in [2.05, 4.69) is 10.2 Å². The number of hydrogen-bond acceptors (Lipinski definition) is 7. The van der Waals surface area contributed by atoms with Crippen LogP contribution in [0.5, 0.6) is 11.5 Å². The van der Waals surface area contributed by atoms with Crippen LogP contribution in [0.1, 0.15) is 16.7 Å². The van der Waals surface area contributed by atoms with E-state index in [1.165, 1.54) is 23.1 Å². The highest BCUT2D eigenvalue weighted by Crippen LogP contribution is 2.39. The highest BCUT2D eigenvalue weighted by molar-refractivity contribution is 8.27. The number of benzene rings is 3. The summed E-state index contributed by atoms with van der Waals surface area (Å²) in [6.07, 6.45) is 1.56. The zero-order valence-electron chi connectivity index (χ0n) is 17.3. The first kappa shape index (κ1) is 21.7. The van der Waals surface area contributed by atoms with Crippen molar-refractivity contribution in [2.75, 3.05) is 4.90 Å². The molecule has 0 aliphatic carbocycles. The van der Waals surface area contributed by atoms with Gasteiger partial charge in [-0.1, -0.05) is 42.2 Å². The second-order valence-electron chi connectivity index (χ2n) is 7.22. The molecule has 1 aliphatic rings. The number of nitrogens with zero attached hydrogens (tertiary/aromatic N) is 3. The van der Waals surface area contributed by atoms with E-state index in [1.54, 1.807) is 18.2 Å². The fourth-order valence-corrected chi connectivity index (χ4v) is 4.49. The lowest BCUT2D eigenvalue weighted by molar-refractivity contribution is -0.113. The molecule has 1 saturated heterocycles. The van der Waals surface area contributed by atoms with Crippen LogP contribution in [-0.4, -0.2) is 20.4 Å². The van der Waals surface area contributed by atoms with Crippen LogP contribution in [0.3, 0.4) is 0 Å². The number of amides is 1. The van der Waals surface area contributed by atoms with Gasteiger partial charge in [0.1, 0.15) is 11.5 Å². The van der Waals surface area contributed by atoms with Crippen molar-refractivity contribution >= 4 is 57.3 Å². The molecule has 0 unspecified atom stereocenters. The number of thiocarbonyl (C=S) groups is 1. The number of aryl methyl sites for hydroxylation is 2. The average molecular weight is 462 g/mol. The van der Waals surface area contributed by atoms with Crippen LogP contribution in [0.4, 0.5) is 17.1 Å². The molecule has 1 heterocycles. The Morgan fingerprint density at radius 1 is 0.969 bits per heavy atom. The van der Waals surface area contributed by atoms with Crippen molar-refractivity contribution in [2.45, 2.75) is 13.8 Å². The van der Waals surface area contributed by atoms with Crippen molar-refractivity contribution in [1.82, 2.24) is 0 Å². The van der Waals surface area contributed by atoms with Crippen molar-refractivity contribution in [1.29, 1.82) is 0 Å². The van der Waals surface area contributed by atoms with Gasteiger partial charge >= 0.3 is 0 Å². The minimum atomic E-state index is -0.273. The number of thioether (sulfide) groups is 1. The third-order valence-corrected chi connectivity index (χ3v) is 6.21. The third-order valence-electron chi connectivity index (χ3n) is 4.90. The highest BCUT2D eigenvalue weighted by Gasteiger charge is 2.34. The number of phenols is 2. The summed E-state index contributed by atoms with van der Waals surface area (Å²) in [7, 11) is 0. The topological polar surface area (TPSA) is 85.5 Å². The van der Waals surface area contributed by atoms with E-state index < -0.39 is 0 Å². The number of rotatable bonds is 4. The van der Waals surface area contributed by atoms with Crippen molar-refractivity contribution in [2.24, 2.45) is 10.2 Å². The molecule has 8 heteroatoms. The molecule has 6 nitrogen and oxygen atoms in total. The molecule has 3 aromatic rings. The molecule has 0 aromatic heterocycles. The van der Waals surface area contributed by atoms with E-state index in [0.717, 1.165) is 28.6 Å². The molecule has 2 N–H and O–H groups in total. The van der Waals surface area contributed by atoms with Gasteiger partial charge in [-0.25, -0.2) is 0 Å². The van der Waals surface area contributed by atoms with Crippen LogP contribution in [0, 0.1) is 13.8 Å². The maximum Gasteiger partial charge on any atom is 0.270 e. The smallest absolute Gasteiger partial charge is 0.270 e. The quantitative estimate of drug-likeness (QED) is 0.262. The molecule has 0 radical (unpaired) electrons. The van der Waals surface area contributed by atoms with Crippen LogP contribution >= 0.6 is 24.0 Å². The maximum absolute atomic E-state index is 13.1. The average Bonchev–Trinajstić information content (AvgIpc) is 3.03. The Hall–Kier alpha value is -3.49. The SMILES string of the molecule is Cc1ccccc1N=Nc1ccc(N2C(=O)/C(=C/c3ccc(O)cc3O)SC2=S)c(C)c1. The Morgan fingerprint density at radius 3 is 2.47 bits per heavy atom. The predicted molar refractivity (Wildman–Crippen MR) is 132 cm³/mol.